The molecule has 6 N–H and O–H groups in total. The van der Waals surface area contributed by atoms with E-state index >= 15 is 0 Å². The summed E-state index contributed by atoms with van der Waals surface area (Å²) in [5.74, 6) is -3.02. The lowest BCUT2D eigenvalue weighted by Gasteiger charge is -2.27. The fourth-order valence-corrected chi connectivity index (χ4v) is 3.35. The zero-order valence-electron chi connectivity index (χ0n) is 16.8. The van der Waals surface area contributed by atoms with Gasteiger partial charge in [-0.05, 0) is 25.3 Å². The molecule has 1 aromatic carbocycles. The Morgan fingerprint density at radius 2 is 1.83 bits per heavy atom. The predicted octanol–water partition coefficient (Wildman–Crippen LogP) is -1.39. The molecule has 1 aliphatic rings. The number of carboxylic acids is 1. The van der Waals surface area contributed by atoms with Gasteiger partial charge in [-0.3, -0.25) is 14.4 Å². The number of aliphatic carboxylic acids is 1. The second kappa shape index (κ2) is 10.7. The van der Waals surface area contributed by atoms with Gasteiger partial charge in [0.15, 0.2) is 0 Å². The minimum atomic E-state index is -1.34. The molecule has 1 fully saturated rings. The van der Waals surface area contributed by atoms with Crippen molar-refractivity contribution in [2.24, 2.45) is 5.73 Å². The molecule has 30 heavy (non-hydrogen) atoms. The van der Waals surface area contributed by atoms with Gasteiger partial charge in [0.2, 0.25) is 17.7 Å². The molecule has 4 atom stereocenters. The number of carbonyl (C=O) groups is 4. The fraction of sp³-hybridized carbons (Fsp3) is 0.500. The van der Waals surface area contributed by atoms with Gasteiger partial charge in [0.25, 0.3) is 0 Å². The van der Waals surface area contributed by atoms with Gasteiger partial charge in [-0.15, -0.1) is 0 Å². The van der Waals surface area contributed by atoms with Crippen molar-refractivity contribution in [3.05, 3.63) is 35.9 Å². The number of nitrogens with one attached hydrogen (secondary N) is 2. The molecule has 0 spiro atoms. The maximum absolute atomic E-state index is 12.6. The molecule has 10 nitrogen and oxygen atoms in total. The quantitative estimate of drug-likeness (QED) is 0.329. The van der Waals surface area contributed by atoms with Crippen LogP contribution in [0, 0.1) is 0 Å². The highest BCUT2D eigenvalue weighted by Crippen LogP contribution is 2.18. The number of amides is 3. The number of benzene rings is 1. The van der Waals surface area contributed by atoms with E-state index in [9.17, 15) is 29.4 Å². The van der Waals surface area contributed by atoms with Crippen LogP contribution in [0.3, 0.4) is 0 Å². The van der Waals surface area contributed by atoms with Crippen LogP contribution in [0.15, 0.2) is 30.3 Å². The van der Waals surface area contributed by atoms with Crippen LogP contribution in [0.1, 0.15) is 25.3 Å². The maximum Gasteiger partial charge on any atom is 0.326 e. The van der Waals surface area contributed by atoms with Gasteiger partial charge in [0.05, 0.1) is 12.6 Å². The van der Waals surface area contributed by atoms with Crippen LogP contribution in [0.5, 0.6) is 0 Å². The van der Waals surface area contributed by atoms with E-state index < -0.39 is 48.6 Å². The highest BCUT2D eigenvalue weighted by atomic mass is 16.4. The molecule has 1 aliphatic heterocycles. The van der Waals surface area contributed by atoms with Crippen molar-refractivity contribution in [2.75, 3.05) is 13.2 Å². The Balaban J connectivity index is 2.01. The van der Waals surface area contributed by atoms with E-state index in [1.807, 2.05) is 0 Å². The zero-order valence-corrected chi connectivity index (χ0v) is 16.8. The van der Waals surface area contributed by atoms with Crippen molar-refractivity contribution in [2.45, 2.75) is 50.4 Å². The minimum Gasteiger partial charge on any atom is -0.480 e. The molecule has 1 aromatic rings. The van der Waals surface area contributed by atoms with Crippen molar-refractivity contribution in [1.82, 2.24) is 15.5 Å². The standard InChI is InChI=1S/C20H28N4O6/c1-12(21)19(28)24-9-5-8-16(24)18(27)23-15(11-25)17(26)22-14(20(29)30)10-13-6-3-2-4-7-13/h2-4,6-7,12,14-16,25H,5,8-11,21H2,1H3,(H,22,26)(H,23,27)(H,29,30)/t12-,14-,15-,16-/m0/s1. The molecule has 0 bridgehead atoms. The normalized spacial score (nSPS) is 18.9. The van der Waals surface area contributed by atoms with Crippen LogP contribution in [-0.2, 0) is 25.6 Å². The number of hydrogen-bond acceptors (Lipinski definition) is 6. The first-order valence-corrected chi connectivity index (χ1v) is 9.79. The minimum absolute atomic E-state index is 0.0489. The van der Waals surface area contributed by atoms with Crippen molar-refractivity contribution in [3.8, 4) is 0 Å². The Labute approximate surface area is 174 Å². The van der Waals surface area contributed by atoms with Gasteiger partial charge in [0.1, 0.15) is 18.1 Å². The van der Waals surface area contributed by atoms with Crippen LogP contribution in [-0.4, -0.2) is 76.1 Å². The summed E-state index contributed by atoms with van der Waals surface area (Å²) in [6.07, 6.45) is 1.08. The Morgan fingerprint density at radius 3 is 2.40 bits per heavy atom. The molecule has 10 heteroatoms. The third-order valence-electron chi connectivity index (χ3n) is 4.94. The number of carbonyl (C=O) groups excluding carboxylic acids is 3. The lowest BCUT2D eigenvalue weighted by molar-refractivity contribution is -0.143. The molecule has 0 radical (unpaired) electrons. The molecule has 1 heterocycles. The van der Waals surface area contributed by atoms with Gasteiger partial charge in [0, 0.05) is 13.0 Å². The number of carboxylic acid groups (broad SMARTS) is 1. The summed E-state index contributed by atoms with van der Waals surface area (Å²) in [6.45, 7) is 1.19. The molecule has 0 aromatic heterocycles. The summed E-state index contributed by atoms with van der Waals surface area (Å²) in [5.41, 5.74) is 6.33. The lowest BCUT2D eigenvalue weighted by atomic mass is 10.1. The van der Waals surface area contributed by atoms with Gasteiger partial charge < -0.3 is 31.5 Å². The average molecular weight is 420 g/mol. The smallest absolute Gasteiger partial charge is 0.326 e. The largest absolute Gasteiger partial charge is 0.480 e. The Bertz CT molecular complexity index is 770. The molecule has 1 saturated heterocycles. The summed E-state index contributed by atoms with van der Waals surface area (Å²) in [7, 11) is 0. The summed E-state index contributed by atoms with van der Waals surface area (Å²) in [6, 6.07) is 4.64. The van der Waals surface area contributed by atoms with E-state index in [-0.39, 0.29) is 12.3 Å². The number of likely N-dealkylation sites (tertiary alicyclic amines) is 1. The maximum atomic E-state index is 12.6. The lowest BCUT2D eigenvalue weighted by Crippen LogP contribution is -2.57. The van der Waals surface area contributed by atoms with E-state index in [0.717, 1.165) is 0 Å². The van der Waals surface area contributed by atoms with E-state index in [2.05, 4.69) is 10.6 Å². The Kier molecular flexibility index (Phi) is 8.31. The summed E-state index contributed by atoms with van der Waals surface area (Å²) in [5, 5.41) is 23.8. The van der Waals surface area contributed by atoms with Crippen LogP contribution in [0.2, 0.25) is 0 Å². The second-order valence-corrected chi connectivity index (χ2v) is 7.31. The monoisotopic (exact) mass is 420 g/mol. The van der Waals surface area contributed by atoms with Crippen LogP contribution in [0.25, 0.3) is 0 Å². The van der Waals surface area contributed by atoms with Crippen molar-refractivity contribution in [3.63, 3.8) is 0 Å². The summed E-state index contributed by atoms with van der Waals surface area (Å²) < 4.78 is 0. The van der Waals surface area contributed by atoms with Gasteiger partial charge in [-0.1, -0.05) is 30.3 Å². The van der Waals surface area contributed by atoms with Gasteiger partial charge >= 0.3 is 5.97 Å². The van der Waals surface area contributed by atoms with E-state index in [0.29, 0.717) is 24.9 Å². The molecule has 2 rings (SSSR count). The zero-order chi connectivity index (χ0) is 22.3. The number of nitrogens with two attached hydrogens (primary N) is 1. The second-order valence-electron chi connectivity index (χ2n) is 7.31. The molecule has 0 unspecified atom stereocenters. The van der Waals surface area contributed by atoms with E-state index in [1.54, 1.807) is 30.3 Å². The number of nitrogens with zero attached hydrogens (tertiary/aromatic N) is 1. The van der Waals surface area contributed by atoms with Crippen molar-refractivity contribution < 1.29 is 29.4 Å². The summed E-state index contributed by atoms with van der Waals surface area (Å²) in [4.78, 5) is 50.2. The topological polar surface area (TPSA) is 162 Å². The van der Waals surface area contributed by atoms with E-state index in [1.165, 1.54) is 11.8 Å². The highest BCUT2D eigenvalue weighted by Gasteiger charge is 2.37. The molecule has 0 saturated carbocycles. The van der Waals surface area contributed by atoms with Gasteiger partial charge in [-0.2, -0.15) is 0 Å². The Morgan fingerprint density at radius 1 is 1.17 bits per heavy atom. The average Bonchev–Trinajstić information content (AvgIpc) is 3.21. The van der Waals surface area contributed by atoms with E-state index in [4.69, 9.17) is 5.73 Å². The van der Waals surface area contributed by atoms with Crippen LogP contribution < -0.4 is 16.4 Å². The molecule has 3 amide bonds. The first-order chi connectivity index (χ1) is 14.2. The fourth-order valence-electron chi connectivity index (χ4n) is 3.35. The predicted molar refractivity (Wildman–Crippen MR) is 107 cm³/mol. The number of hydrogen-bond donors (Lipinski definition) is 5. The SMILES string of the molecule is C[C@H](N)C(=O)N1CCC[C@H]1C(=O)N[C@@H](CO)C(=O)N[C@@H](Cc1ccccc1)C(=O)O. The molecule has 164 valence electrons. The van der Waals surface area contributed by atoms with Crippen molar-refractivity contribution in [1.29, 1.82) is 0 Å². The van der Waals surface area contributed by atoms with Crippen LogP contribution in [0.4, 0.5) is 0 Å². The van der Waals surface area contributed by atoms with Crippen LogP contribution >= 0.6 is 0 Å². The first kappa shape index (κ1) is 23.3. The number of rotatable bonds is 9. The molecular formula is C20H28N4O6. The third kappa shape index (κ3) is 6.01. The third-order valence-corrected chi connectivity index (χ3v) is 4.94. The number of aliphatic hydroxyl groups excluding tert-OH is 1. The molecular weight excluding hydrogens is 392 g/mol. The molecule has 0 aliphatic carbocycles. The first-order valence-electron chi connectivity index (χ1n) is 9.79. The highest BCUT2D eigenvalue weighted by molar-refractivity contribution is 5.94. The van der Waals surface area contributed by atoms with Crippen molar-refractivity contribution >= 4 is 23.7 Å². The number of aliphatic hydroxyl groups is 1. The Hall–Kier alpha value is -2.98. The van der Waals surface area contributed by atoms with Gasteiger partial charge in [-0.25, -0.2) is 4.79 Å². The summed E-state index contributed by atoms with van der Waals surface area (Å²) >= 11 is 0.